The Bertz CT molecular complexity index is 1470. The zero-order valence-corrected chi connectivity index (χ0v) is 22.4. The van der Waals surface area contributed by atoms with Gasteiger partial charge in [0.05, 0.1) is 33.8 Å². The zero-order valence-electron chi connectivity index (χ0n) is 20.0. The zero-order chi connectivity index (χ0) is 27.7. The molecular weight excluding hydrogens is 565 g/mol. The summed E-state index contributed by atoms with van der Waals surface area (Å²) < 4.78 is 73.1. The first kappa shape index (κ1) is 27.9. The van der Waals surface area contributed by atoms with Gasteiger partial charge in [0, 0.05) is 4.88 Å². The molecule has 4 rings (SSSR count). The van der Waals surface area contributed by atoms with Crippen LogP contribution in [0.5, 0.6) is 0 Å². The van der Waals surface area contributed by atoms with Crippen molar-refractivity contribution in [2.75, 3.05) is 23.3 Å². The quantitative estimate of drug-likeness (QED) is 0.347. The average Bonchev–Trinajstić information content (AvgIpc) is 3.24. The van der Waals surface area contributed by atoms with E-state index in [1.54, 1.807) is 6.07 Å². The molecule has 1 aliphatic rings. The Kier molecular flexibility index (Phi) is 8.05. The Morgan fingerprint density at radius 1 is 1.11 bits per heavy atom. The molecule has 0 saturated heterocycles. The molecule has 1 aromatic heterocycles. The maximum atomic E-state index is 13.6. The van der Waals surface area contributed by atoms with E-state index >= 15 is 0 Å². The lowest BCUT2D eigenvalue weighted by molar-refractivity contribution is -0.137. The van der Waals surface area contributed by atoms with Crippen LogP contribution < -0.4 is 9.62 Å². The van der Waals surface area contributed by atoms with Crippen molar-refractivity contribution in [1.82, 2.24) is 0 Å². The molecule has 3 aromatic rings. The summed E-state index contributed by atoms with van der Waals surface area (Å²) in [5.41, 5.74) is -0.655. The number of amides is 1. The highest BCUT2D eigenvalue weighted by molar-refractivity contribution is 7.92. The fourth-order valence-corrected chi connectivity index (χ4v) is 7.14. The summed E-state index contributed by atoms with van der Waals surface area (Å²) in [5.74, 6) is -1.49. The molecule has 0 aliphatic heterocycles. The van der Waals surface area contributed by atoms with E-state index in [4.69, 9.17) is 16.3 Å². The highest BCUT2D eigenvalue weighted by Crippen LogP contribution is 2.40. The van der Waals surface area contributed by atoms with E-state index in [1.165, 1.54) is 42.7 Å². The van der Waals surface area contributed by atoms with Crippen molar-refractivity contribution in [1.29, 1.82) is 0 Å². The van der Waals surface area contributed by atoms with Crippen molar-refractivity contribution >= 4 is 55.5 Å². The smallest absolute Gasteiger partial charge is 0.417 e. The van der Waals surface area contributed by atoms with Gasteiger partial charge < -0.3 is 10.1 Å². The summed E-state index contributed by atoms with van der Waals surface area (Å²) in [6.07, 6.45) is -1.72. The molecule has 0 saturated carbocycles. The van der Waals surface area contributed by atoms with E-state index in [0.717, 1.165) is 41.8 Å². The first-order chi connectivity index (χ1) is 17.9. The fourth-order valence-electron chi connectivity index (χ4n) is 4.19. The van der Waals surface area contributed by atoms with Gasteiger partial charge in [-0.25, -0.2) is 13.2 Å². The number of ether oxygens (including phenoxy) is 1. The van der Waals surface area contributed by atoms with Gasteiger partial charge >= 0.3 is 12.1 Å². The number of aryl methyl sites for hydroxylation is 1. The van der Waals surface area contributed by atoms with Crippen LogP contribution in [0.3, 0.4) is 0 Å². The Hall–Kier alpha value is -3.09. The van der Waals surface area contributed by atoms with Crippen molar-refractivity contribution in [2.45, 2.75) is 36.8 Å². The summed E-state index contributed by atoms with van der Waals surface area (Å²) in [5, 5.41) is 2.18. The number of fused-ring (bicyclic) bond motifs is 1. The third-order valence-electron chi connectivity index (χ3n) is 5.98. The number of alkyl halides is 3. The number of carbonyl (C=O) groups is 2. The number of carbonyl (C=O) groups excluding carboxylic acids is 2. The van der Waals surface area contributed by atoms with Gasteiger partial charge in [0.1, 0.15) is 11.5 Å². The number of thiophene rings is 1. The molecule has 0 unspecified atom stereocenters. The lowest BCUT2D eigenvalue weighted by atomic mass is 9.95. The molecule has 0 fully saturated rings. The van der Waals surface area contributed by atoms with Gasteiger partial charge in [-0.3, -0.25) is 9.10 Å². The summed E-state index contributed by atoms with van der Waals surface area (Å²) in [7, 11) is -3.26. The second-order valence-electron chi connectivity index (χ2n) is 8.44. The van der Waals surface area contributed by atoms with Crippen LogP contribution in [0.15, 0.2) is 53.4 Å². The van der Waals surface area contributed by atoms with Gasteiger partial charge in [0.2, 0.25) is 5.91 Å². The predicted octanol–water partition coefficient (Wildman–Crippen LogP) is 5.92. The lowest BCUT2D eigenvalue weighted by Crippen LogP contribution is -2.38. The van der Waals surface area contributed by atoms with Crippen molar-refractivity contribution in [3.8, 4) is 0 Å². The molecule has 1 aliphatic carbocycles. The molecule has 202 valence electrons. The lowest BCUT2D eigenvalue weighted by Gasteiger charge is -2.25. The molecule has 1 N–H and O–H groups in total. The van der Waals surface area contributed by atoms with E-state index < -0.39 is 50.9 Å². The van der Waals surface area contributed by atoms with Crippen LogP contribution >= 0.6 is 22.9 Å². The largest absolute Gasteiger partial charge is 0.465 e. The maximum Gasteiger partial charge on any atom is 0.417 e. The van der Waals surface area contributed by atoms with Crippen molar-refractivity contribution < 1.29 is 35.9 Å². The van der Waals surface area contributed by atoms with E-state index in [9.17, 15) is 31.2 Å². The van der Waals surface area contributed by atoms with Crippen LogP contribution in [0.25, 0.3) is 0 Å². The third-order valence-corrected chi connectivity index (χ3v) is 9.30. The number of hydrogen-bond donors (Lipinski definition) is 1. The van der Waals surface area contributed by atoms with Gasteiger partial charge in [0.15, 0.2) is 0 Å². The minimum atomic E-state index is -4.86. The van der Waals surface area contributed by atoms with Crippen LogP contribution in [0.2, 0.25) is 5.02 Å². The number of sulfonamides is 1. The number of nitrogens with zero attached hydrogens (tertiary/aromatic N) is 1. The van der Waals surface area contributed by atoms with Gasteiger partial charge in [-0.15, -0.1) is 11.3 Å². The molecule has 0 radical (unpaired) electrons. The van der Waals surface area contributed by atoms with E-state index in [2.05, 4.69) is 5.32 Å². The molecule has 0 spiro atoms. The number of rotatable bonds is 7. The normalized spacial score (nSPS) is 13.5. The van der Waals surface area contributed by atoms with Crippen molar-refractivity contribution in [2.24, 2.45) is 0 Å². The van der Waals surface area contributed by atoms with Gasteiger partial charge in [-0.05, 0) is 61.6 Å². The Balaban J connectivity index is 1.74. The van der Waals surface area contributed by atoms with Crippen molar-refractivity contribution in [3.05, 3.63) is 75.1 Å². The molecule has 1 amide bonds. The molecule has 13 heteroatoms. The summed E-state index contributed by atoms with van der Waals surface area (Å²) in [6, 6.07) is 9.61. The molecule has 0 bridgehead atoms. The summed E-state index contributed by atoms with van der Waals surface area (Å²) in [6.45, 7) is -0.862. The second kappa shape index (κ2) is 11.0. The highest BCUT2D eigenvalue weighted by Gasteiger charge is 2.36. The SMILES string of the molecule is COC(=O)c1c(NC(=O)CN(c2ccc(Cl)c(C(F)(F)F)c2)S(=O)(=O)c2ccccc2)sc2c1CCCC2. The Morgan fingerprint density at radius 3 is 2.45 bits per heavy atom. The average molecular weight is 587 g/mol. The van der Waals surface area contributed by atoms with Gasteiger partial charge in [0.25, 0.3) is 10.0 Å². The topological polar surface area (TPSA) is 92.8 Å². The first-order valence-electron chi connectivity index (χ1n) is 11.4. The number of halogens is 4. The Morgan fingerprint density at radius 2 is 1.79 bits per heavy atom. The number of methoxy groups -OCH3 is 1. The minimum Gasteiger partial charge on any atom is -0.465 e. The second-order valence-corrected chi connectivity index (χ2v) is 11.8. The molecule has 0 atom stereocenters. The minimum absolute atomic E-state index is 0.206. The molecular formula is C25H22ClF3N2O5S2. The van der Waals surface area contributed by atoms with Crippen LogP contribution in [0.4, 0.5) is 23.9 Å². The maximum absolute atomic E-state index is 13.6. The Labute approximate surface area is 226 Å². The fraction of sp³-hybridized carbons (Fsp3) is 0.280. The monoisotopic (exact) mass is 586 g/mol. The number of nitrogens with one attached hydrogen (secondary N) is 1. The summed E-state index contributed by atoms with van der Waals surface area (Å²) >= 11 is 6.93. The van der Waals surface area contributed by atoms with Crippen LogP contribution in [0.1, 0.15) is 39.2 Å². The molecule has 38 heavy (non-hydrogen) atoms. The van der Waals surface area contributed by atoms with Crippen LogP contribution in [0, 0.1) is 0 Å². The molecule has 1 heterocycles. The first-order valence-corrected chi connectivity index (χ1v) is 14.0. The van der Waals surface area contributed by atoms with Crippen LogP contribution in [-0.2, 0) is 38.6 Å². The van der Waals surface area contributed by atoms with E-state index in [-0.39, 0.29) is 15.5 Å². The van der Waals surface area contributed by atoms with Crippen molar-refractivity contribution in [3.63, 3.8) is 0 Å². The number of benzene rings is 2. The van der Waals surface area contributed by atoms with E-state index in [0.29, 0.717) is 16.8 Å². The predicted molar refractivity (Wildman–Crippen MR) is 138 cm³/mol. The number of esters is 1. The van der Waals surface area contributed by atoms with Crippen LogP contribution in [-0.4, -0.2) is 33.9 Å². The standard InChI is InChI=1S/C25H22ClF3N2O5S2/c1-36-24(33)22-17-9-5-6-10-20(17)37-23(22)30-21(32)14-31(38(34,35)16-7-3-2-4-8-16)15-11-12-19(26)18(13-15)25(27,28)29/h2-4,7-8,11-13H,5-6,9-10,14H2,1H3,(H,30,32). The molecule has 2 aromatic carbocycles. The van der Waals surface area contributed by atoms with Gasteiger partial charge in [-0.2, -0.15) is 13.2 Å². The third kappa shape index (κ3) is 5.67. The van der Waals surface area contributed by atoms with Gasteiger partial charge in [-0.1, -0.05) is 29.8 Å². The number of hydrogen-bond acceptors (Lipinski definition) is 6. The van der Waals surface area contributed by atoms with E-state index in [1.807, 2.05) is 0 Å². The highest BCUT2D eigenvalue weighted by atomic mass is 35.5. The number of anilines is 2. The summed E-state index contributed by atoms with van der Waals surface area (Å²) in [4.78, 5) is 26.4. The molecule has 7 nitrogen and oxygen atoms in total.